The van der Waals surface area contributed by atoms with Crippen LogP contribution < -0.4 is 16.4 Å². The number of carbonyl (C=O) groups excluding carboxylic acids is 1. The predicted molar refractivity (Wildman–Crippen MR) is 84.3 cm³/mol. The number of hydrogen-bond acceptors (Lipinski definition) is 7. The van der Waals surface area contributed by atoms with E-state index in [9.17, 15) is 4.79 Å². The van der Waals surface area contributed by atoms with Gasteiger partial charge in [-0.05, 0) is 24.3 Å². The Balaban J connectivity index is 2.25. The molecule has 1 heterocycles. The SMILES string of the molecule is COC(=N)c1c(N)ncnc1Nc1ccc(NC(C)=O)cc1. The second-order valence-corrected chi connectivity index (χ2v) is 4.40. The molecule has 0 atom stereocenters. The molecule has 0 aliphatic heterocycles. The van der Waals surface area contributed by atoms with Gasteiger partial charge in [-0.15, -0.1) is 0 Å². The maximum Gasteiger partial charge on any atom is 0.221 e. The number of nitrogens with zero attached hydrogens (tertiary/aromatic N) is 2. The second kappa shape index (κ2) is 6.53. The average molecular weight is 300 g/mol. The van der Waals surface area contributed by atoms with Crippen molar-refractivity contribution >= 4 is 34.8 Å². The fourth-order valence-corrected chi connectivity index (χ4v) is 1.80. The number of anilines is 4. The van der Waals surface area contributed by atoms with Crippen molar-refractivity contribution in [2.75, 3.05) is 23.5 Å². The van der Waals surface area contributed by atoms with E-state index in [0.717, 1.165) is 5.69 Å². The minimum atomic E-state index is -0.139. The van der Waals surface area contributed by atoms with Crippen LogP contribution in [-0.4, -0.2) is 28.9 Å². The van der Waals surface area contributed by atoms with Gasteiger partial charge >= 0.3 is 0 Å². The highest BCUT2D eigenvalue weighted by molar-refractivity contribution is 6.01. The van der Waals surface area contributed by atoms with Crippen molar-refractivity contribution in [3.05, 3.63) is 36.2 Å². The zero-order valence-corrected chi connectivity index (χ0v) is 12.2. The summed E-state index contributed by atoms with van der Waals surface area (Å²) in [5.41, 5.74) is 7.46. The first-order valence-corrected chi connectivity index (χ1v) is 6.39. The number of nitrogens with one attached hydrogen (secondary N) is 3. The van der Waals surface area contributed by atoms with Gasteiger partial charge in [0.2, 0.25) is 11.8 Å². The number of amides is 1. The smallest absolute Gasteiger partial charge is 0.221 e. The van der Waals surface area contributed by atoms with E-state index in [1.807, 2.05) is 0 Å². The lowest BCUT2D eigenvalue weighted by Gasteiger charge is -2.12. The van der Waals surface area contributed by atoms with Crippen molar-refractivity contribution in [3.63, 3.8) is 0 Å². The molecule has 1 aromatic heterocycles. The molecule has 0 aliphatic rings. The van der Waals surface area contributed by atoms with Crippen molar-refractivity contribution in [2.45, 2.75) is 6.92 Å². The standard InChI is InChI=1S/C14H16N6O2/c1-8(21)19-9-3-5-10(6-4-9)20-14-11(13(16)22-2)12(15)17-7-18-14/h3-7,16H,1-2H3,(H,19,21)(H3,15,17,18,20). The second-order valence-electron chi connectivity index (χ2n) is 4.40. The fraction of sp³-hybridized carbons (Fsp3) is 0.143. The summed E-state index contributed by atoms with van der Waals surface area (Å²) in [7, 11) is 1.38. The number of methoxy groups -OCH3 is 1. The van der Waals surface area contributed by atoms with Crippen LogP contribution in [0.15, 0.2) is 30.6 Å². The number of rotatable bonds is 4. The first-order chi connectivity index (χ1) is 10.5. The van der Waals surface area contributed by atoms with Crippen LogP contribution in [0, 0.1) is 5.41 Å². The number of benzene rings is 1. The lowest BCUT2D eigenvalue weighted by Crippen LogP contribution is -2.12. The third kappa shape index (κ3) is 3.48. The van der Waals surface area contributed by atoms with E-state index in [2.05, 4.69) is 20.6 Å². The molecular weight excluding hydrogens is 284 g/mol. The molecule has 1 amide bonds. The molecule has 2 aromatic rings. The Morgan fingerprint density at radius 1 is 1.23 bits per heavy atom. The van der Waals surface area contributed by atoms with E-state index in [0.29, 0.717) is 11.5 Å². The number of ether oxygens (including phenoxy) is 1. The van der Waals surface area contributed by atoms with Gasteiger partial charge in [-0.3, -0.25) is 10.2 Å². The summed E-state index contributed by atoms with van der Waals surface area (Å²) in [6.45, 7) is 1.44. The van der Waals surface area contributed by atoms with E-state index >= 15 is 0 Å². The molecule has 1 aromatic carbocycles. The Hall–Kier alpha value is -3.16. The normalized spacial score (nSPS) is 9.91. The van der Waals surface area contributed by atoms with E-state index in [4.69, 9.17) is 15.9 Å². The largest absolute Gasteiger partial charge is 0.481 e. The molecule has 0 bridgehead atoms. The van der Waals surface area contributed by atoms with Gasteiger partial charge in [0.05, 0.1) is 7.11 Å². The van der Waals surface area contributed by atoms with Gasteiger partial charge in [-0.1, -0.05) is 0 Å². The van der Waals surface area contributed by atoms with Gasteiger partial charge in [0.1, 0.15) is 23.5 Å². The summed E-state index contributed by atoms with van der Waals surface area (Å²) in [5.74, 6) is 0.251. The van der Waals surface area contributed by atoms with Gasteiger partial charge in [0.15, 0.2) is 0 Å². The molecule has 8 heteroatoms. The number of carbonyl (C=O) groups is 1. The highest BCUT2D eigenvalue weighted by atomic mass is 16.5. The van der Waals surface area contributed by atoms with Crippen LogP contribution in [0.4, 0.5) is 23.0 Å². The molecule has 8 nitrogen and oxygen atoms in total. The number of nitrogen functional groups attached to an aromatic ring is 1. The molecule has 114 valence electrons. The molecule has 0 aliphatic carbocycles. The van der Waals surface area contributed by atoms with Gasteiger partial charge in [-0.25, -0.2) is 9.97 Å². The van der Waals surface area contributed by atoms with Crippen molar-refractivity contribution in [1.29, 1.82) is 5.41 Å². The number of aromatic nitrogens is 2. The minimum Gasteiger partial charge on any atom is -0.481 e. The third-order valence-corrected chi connectivity index (χ3v) is 2.78. The van der Waals surface area contributed by atoms with Crippen LogP contribution >= 0.6 is 0 Å². The lowest BCUT2D eigenvalue weighted by atomic mass is 10.2. The molecule has 0 saturated carbocycles. The van der Waals surface area contributed by atoms with E-state index < -0.39 is 0 Å². The Morgan fingerprint density at radius 3 is 2.45 bits per heavy atom. The summed E-state index contributed by atoms with van der Waals surface area (Å²) >= 11 is 0. The van der Waals surface area contributed by atoms with Crippen LogP contribution in [0.3, 0.4) is 0 Å². The quantitative estimate of drug-likeness (QED) is 0.503. The molecule has 0 fully saturated rings. The van der Waals surface area contributed by atoms with Crippen LogP contribution in [0.2, 0.25) is 0 Å². The van der Waals surface area contributed by atoms with Gasteiger partial charge in [-0.2, -0.15) is 0 Å². The maximum atomic E-state index is 11.0. The molecule has 0 spiro atoms. The summed E-state index contributed by atoms with van der Waals surface area (Å²) < 4.78 is 4.89. The minimum absolute atomic E-state index is 0.129. The van der Waals surface area contributed by atoms with Crippen LogP contribution in [0.25, 0.3) is 0 Å². The van der Waals surface area contributed by atoms with E-state index in [-0.39, 0.29) is 23.2 Å². The molecule has 0 saturated heterocycles. The molecule has 2 rings (SSSR count). The van der Waals surface area contributed by atoms with Crippen LogP contribution in [0.1, 0.15) is 12.5 Å². The summed E-state index contributed by atoms with van der Waals surface area (Å²) in [5, 5.41) is 13.5. The first-order valence-electron chi connectivity index (χ1n) is 6.39. The van der Waals surface area contributed by atoms with Gasteiger partial charge < -0.3 is 21.1 Å². The monoisotopic (exact) mass is 300 g/mol. The highest BCUT2D eigenvalue weighted by Crippen LogP contribution is 2.23. The summed E-state index contributed by atoms with van der Waals surface area (Å²) in [6.07, 6.45) is 1.30. The fourth-order valence-electron chi connectivity index (χ4n) is 1.80. The predicted octanol–water partition coefficient (Wildman–Crippen LogP) is 1.73. The maximum absolute atomic E-state index is 11.0. The lowest BCUT2D eigenvalue weighted by molar-refractivity contribution is -0.114. The molecular formula is C14H16N6O2. The average Bonchev–Trinajstić information content (AvgIpc) is 2.48. The summed E-state index contributed by atoms with van der Waals surface area (Å²) in [6, 6.07) is 7.03. The zero-order valence-electron chi connectivity index (χ0n) is 12.2. The van der Waals surface area contributed by atoms with Crippen molar-refractivity contribution in [1.82, 2.24) is 9.97 Å². The topological polar surface area (TPSA) is 126 Å². The Labute approximate surface area is 127 Å². The van der Waals surface area contributed by atoms with Crippen molar-refractivity contribution in [2.24, 2.45) is 0 Å². The number of hydrogen-bond donors (Lipinski definition) is 4. The molecule has 0 radical (unpaired) electrons. The van der Waals surface area contributed by atoms with Gasteiger partial charge in [0, 0.05) is 18.3 Å². The molecule has 0 unspecified atom stereocenters. The third-order valence-electron chi connectivity index (χ3n) is 2.78. The summed E-state index contributed by atoms with van der Waals surface area (Å²) in [4.78, 5) is 18.9. The van der Waals surface area contributed by atoms with Gasteiger partial charge in [0.25, 0.3) is 0 Å². The first kappa shape index (κ1) is 15.2. The van der Waals surface area contributed by atoms with Crippen LogP contribution in [-0.2, 0) is 9.53 Å². The van der Waals surface area contributed by atoms with Crippen molar-refractivity contribution in [3.8, 4) is 0 Å². The Morgan fingerprint density at radius 2 is 1.86 bits per heavy atom. The Bertz CT molecular complexity index is 699. The Kier molecular flexibility index (Phi) is 4.52. The van der Waals surface area contributed by atoms with Crippen LogP contribution in [0.5, 0.6) is 0 Å². The zero-order chi connectivity index (χ0) is 16.1. The van der Waals surface area contributed by atoms with E-state index in [1.165, 1.54) is 20.4 Å². The highest BCUT2D eigenvalue weighted by Gasteiger charge is 2.15. The molecule has 5 N–H and O–H groups in total. The number of nitrogens with two attached hydrogens (primary N) is 1. The molecule has 22 heavy (non-hydrogen) atoms. The van der Waals surface area contributed by atoms with E-state index in [1.54, 1.807) is 24.3 Å². The van der Waals surface area contributed by atoms with Crippen molar-refractivity contribution < 1.29 is 9.53 Å².